The van der Waals surface area contributed by atoms with Crippen LogP contribution in [-0.2, 0) is 22.4 Å². The van der Waals surface area contributed by atoms with Gasteiger partial charge < -0.3 is 14.8 Å². The van der Waals surface area contributed by atoms with Crippen LogP contribution in [0.2, 0.25) is 0 Å². The zero-order chi connectivity index (χ0) is 19.4. The summed E-state index contributed by atoms with van der Waals surface area (Å²) in [6.07, 6.45) is 3.85. The van der Waals surface area contributed by atoms with Crippen LogP contribution in [-0.4, -0.2) is 25.1 Å². The third kappa shape index (κ3) is 4.16. The highest BCUT2D eigenvalue weighted by Crippen LogP contribution is 2.38. The molecule has 3 rings (SSSR count). The molecule has 0 bridgehead atoms. The fourth-order valence-electron chi connectivity index (χ4n) is 3.33. The van der Waals surface area contributed by atoms with Crippen molar-refractivity contribution in [2.24, 2.45) is 0 Å². The van der Waals surface area contributed by atoms with Gasteiger partial charge in [-0.25, -0.2) is 4.79 Å². The highest BCUT2D eigenvalue weighted by Gasteiger charge is 2.28. The number of fused-ring (bicyclic) bond motifs is 1. The lowest BCUT2D eigenvalue weighted by Gasteiger charge is -2.18. The molecule has 5 nitrogen and oxygen atoms in total. The van der Waals surface area contributed by atoms with Crippen molar-refractivity contribution in [3.63, 3.8) is 0 Å². The quantitative estimate of drug-likeness (QED) is 0.740. The number of hydrogen-bond donors (Lipinski definition) is 1. The molecule has 0 saturated heterocycles. The molecule has 1 atom stereocenters. The van der Waals surface area contributed by atoms with Crippen LogP contribution in [0.3, 0.4) is 0 Å². The number of carbonyl (C=O) groups is 2. The lowest BCUT2D eigenvalue weighted by molar-refractivity contribution is -0.122. The first-order valence-electron chi connectivity index (χ1n) is 9.31. The SMILES string of the molecule is CC[C@@H](Oc1ccccc1C)C(=O)Nc1sc2c(c1C(=O)OC)CCCC2. The Labute approximate surface area is 163 Å². The minimum absolute atomic E-state index is 0.246. The van der Waals surface area contributed by atoms with Gasteiger partial charge >= 0.3 is 5.97 Å². The van der Waals surface area contributed by atoms with Gasteiger partial charge in [0.2, 0.25) is 0 Å². The molecular weight excluding hydrogens is 362 g/mol. The van der Waals surface area contributed by atoms with Crippen LogP contribution in [0, 0.1) is 6.92 Å². The molecule has 0 aliphatic heterocycles. The Morgan fingerprint density at radius 1 is 1.22 bits per heavy atom. The van der Waals surface area contributed by atoms with Crippen molar-refractivity contribution in [1.82, 2.24) is 0 Å². The largest absolute Gasteiger partial charge is 0.480 e. The number of nitrogens with one attached hydrogen (secondary N) is 1. The molecule has 1 amide bonds. The first kappa shape index (κ1) is 19.4. The number of thiophene rings is 1. The first-order valence-corrected chi connectivity index (χ1v) is 10.1. The Hall–Kier alpha value is -2.34. The Kier molecular flexibility index (Phi) is 6.16. The number of anilines is 1. The third-order valence-electron chi connectivity index (χ3n) is 4.82. The second-order valence-electron chi connectivity index (χ2n) is 6.68. The number of carbonyl (C=O) groups excluding carboxylic acids is 2. The predicted octanol–water partition coefficient (Wildman–Crippen LogP) is 4.52. The van der Waals surface area contributed by atoms with Gasteiger partial charge in [-0.1, -0.05) is 25.1 Å². The second kappa shape index (κ2) is 8.57. The maximum absolute atomic E-state index is 12.9. The van der Waals surface area contributed by atoms with E-state index >= 15 is 0 Å². The van der Waals surface area contributed by atoms with E-state index in [1.807, 2.05) is 38.1 Å². The number of ether oxygens (including phenoxy) is 2. The van der Waals surface area contributed by atoms with Crippen LogP contribution >= 0.6 is 11.3 Å². The highest BCUT2D eigenvalue weighted by atomic mass is 32.1. The summed E-state index contributed by atoms with van der Waals surface area (Å²) in [6, 6.07) is 7.62. The van der Waals surface area contributed by atoms with E-state index in [0.29, 0.717) is 22.7 Å². The van der Waals surface area contributed by atoms with E-state index in [-0.39, 0.29) is 5.91 Å². The summed E-state index contributed by atoms with van der Waals surface area (Å²) >= 11 is 1.48. The van der Waals surface area contributed by atoms with Gasteiger partial charge in [0.15, 0.2) is 6.10 Å². The molecule has 1 N–H and O–H groups in total. The molecule has 0 saturated carbocycles. The van der Waals surface area contributed by atoms with E-state index in [1.54, 1.807) is 0 Å². The van der Waals surface area contributed by atoms with Crippen molar-refractivity contribution in [3.05, 3.63) is 45.8 Å². The molecule has 1 aromatic heterocycles. The van der Waals surface area contributed by atoms with E-state index in [2.05, 4.69) is 5.32 Å². The van der Waals surface area contributed by atoms with Gasteiger partial charge in [0.05, 0.1) is 12.7 Å². The van der Waals surface area contributed by atoms with Crippen LogP contribution in [0.25, 0.3) is 0 Å². The molecule has 6 heteroatoms. The van der Waals surface area contributed by atoms with Gasteiger partial charge in [-0.15, -0.1) is 11.3 Å². The Morgan fingerprint density at radius 2 is 1.96 bits per heavy atom. The lowest BCUT2D eigenvalue weighted by atomic mass is 9.95. The number of benzene rings is 1. The van der Waals surface area contributed by atoms with Gasteiger partial charge in [-0.05, 0) is 56.2 Å². The molecule has 2 aromatic rings. The summed E-state index contributed by atoms with van der Waals surface area (Å²) in [5.74, 6) is 0.0558. The number of methoxy groups -OCH3 is 1. The molecule has 144 valence electrons. The predicted molar refractivity (Wildman–Crippen MR) is 107 cm³/mol. The van der Waals surface area contributed by atoms with Crippen LogP contribution in [0.1, 0.15) is 52.5 Å². The molecular formula is C21H25NO4S. The molecule has 1 heterocycles. The summed E-state index contributed by atoms with van der Waals surface area (Å²) in [5, 5.41) is 3.50. The molecule has 0 radical (unpaired) electrons. The molecule has 1 aliphatic carbocycles. The Bertz CT molecular complexity index is 843. The third-order valence-corrected chi connectivity index (χ3v) is 6.03. The average Bonchev–Trinajstić information content (AvgIpc) is 3.04. The lowest BCUT2D eigenvalue weighted by Crippen LogP contribution is -2.32. The minimum atomic E-state index is -0.629. The van der Waals surface area contributed by atoms with Gasteiger partial charge in [-0.3, -0.25) is 4.79 Å². The van der Waals surface area contributed by atoms with Crippen LogP contribution < -0.4 is 10.1 Å². The van der Waals surface area contributed by atoms with Crippen LogP contribution in [0.5, 0.6) is 5.75 Å². The topological polar surface area (TPSA) is 64.6 Å². The monoisotopic (exact) mass is 387 g/mol. The number of amides is 1. The van der Waals surface area contributed by atoms with Gasteiger partial charge in [0.25, 0.3) is 5.91 Å². The van der Waals surface area contributed by atoms with E-state index in [0.717, 1.165) is 36.8 Å². The zero-order valence-electron chi connectivity index (χ0n) is 16.0. The molecule has 0 fully saturated rings. The van der Waals surface area contributed by atoms with E-state index in [4.69, 9.17) is 9.47 Å². The minimum Gasteiger partial charge on any atom is -0.480 e. The molecule has 1 aromatic carbocycles. The summed E-state index contributed by atoms with van der Waals surface area (Å²) < 4.78 is 10.9. The van der Waals surface area contributed by atoms with Crippen molar-refractivity contribution >= 4 is 28.2 Å². The number of rotatable bonds is 6. The van der Waals surface area contributed by atoms with Gasteiger partial charge in [0.1, 0.15) is 10.8 Å². The maximum Gasteiger partial charge on any atom is 0.341 e. The number of aryl methyl sites for hydroxylation is 2. The second-order valence-corrected chi connectivity index (χ2v) is 7.78. The summed E-state index contributed by atoms with van der Waals surface area (Å²) in [7, 11) is 1.37. The highest BCUT2D eigenvalue weighted by molar-refractivity contribution is 7.17. The fraction of sp³-hybridized carbons (Fsp3) is 0.429. The Balaban J connectivity index is 1.83. The van der Waals surface area contributed by atoms with Crippen molar-refractivity contribution in [2.45, 2.75) is 52.1 Å². The summed E-state index contributed by atoms with van der Waals surface area (Å²) in [5.41, 5.74) is 2.52. The summed E-state index contributed by atoms with van der Waals surface area (Å²) in [4.78, 5) is 26.4. The van der Waals surface area contributed by atoms with Crippen molar-refractivity contribution in [3.8, 4) is 5.75 Å². The molecule has 0 spiro atoms. The molecule has 0 unspecified atom stereocenters. The van der Waals surface area contributed by atoms with Crippen LogP contribution in [0.4, 0.5) is 5.00 Å². The maximum atomic E-state index is 12.9. The Morgan fingerprint density at radius 3 is 2.67 bits per heavy atom. The fourth-order valence-corrected chi connectivity index (χ4v) is 4.61. The zero-order valence-corrected chi connectivity index (χ0v) is 16.8. The van der Waals surface area contributed by atoms with Gasteiger partial charge in [0, 0.05) is 4.88 Å². The summed E-state index contributed by atoms with van der Waals surface area (Å²) in [6.45, 7) is 3.85. The molecule has 27 heavy (non-hydrogen) atoms. The smallest absolute Gasteiger partial charge is 0.341 e. The first-order chi connectivity index (χ1) is 13.0. The van der Waals surface area contributed by atoms with E-state index in [9.17, 15) is 9.59 Å². The van der Waals surface area contributed by atoms with E-state index in [1.165, 1.54) is 23.3 Å². The molecule has 1 aliphatic rings. The number of para-hydroxylation sites is 1. The van der Waals surface area contributed by atoms with Crippen molar-refractivity contribution < 1.29 is 19.1 Å². The van der Waals surface area contributed by atoms with Crippen molar-refractivity contribution in [2.75, 3.05) is 12.4 Å². The normalized spacial score (nSPS) is 14.2. The standard InChI is InChI=1S/C21H25NO4S/c1-4-15(26-16-11-7-5-9-13(16)2)19(23)22-20-18(21(24)25-3)14-10-6-8-12-17(14)27-20/h5,7,9,11,15H,4,6,8,10,12H2,1-3H3,(H,22,23)/t15-/m1/s1. The van der Waals surface area contributed by atoms with Crippen molar-refractivity contribution in [1.29, 1.82) is 0 Å². The average molecular weight is 388 g/mol. The van der Waals surface area contributed by atoms with Gasteiger partial charge in [-0.2, -0.15) is 0 Å². The van der Waals surface area contributed by atoms with E-state index < -0.39 is 12.1 Å². The number of esters is 1. The van der Waals surface area contributed by atoms with Crippen LogP contribution in [0.15, 0.2) is 24.3 Å². The number of hydrogen-bond acceptors (Lipinski definition) is 5.